The first-order valence-corrected chi connectivity index (χ1v) is 9.70. The van der Waals surface area contributed by atoms with Crippen LogP contribution in [0.15, 0.2) is 72.1 Å². The fourth-order valence-corrected chi connectivity index (χ4v) is 3.59. The summed E-state index contributed by atoms with van der Waals surface area (Å²) in [7, 11) is 0. The Morgan fingerprint density at radius 2 is 2.16 bits per heavy atom. The third kappa shape index (κ3) is 3.72. The van der Waals surface area contributed by atoms with E-state index in [0.29, 0.717) is 30.1 Å². The first kappa shape index (κ1) is 18.5. The molecule has 2 aromatic heterocycles. The number of hydrogen-bond acceptors (Lipinski definition) is 5. The van der Waals surface area contributed by atoms with Crippen LogP contribution in [-0.2, 0) is 17.9 Å². The Bertz CT molecular complexity index is 1340. The second-order valence-corrected chi connectivity index (χ2v) is 7.20. The van der Waals surface area contributed by atoms with Gasteiger partial charge in [-0.25, -0.2) is 0 Å². The summed E-state index contributed by atoms with van der Waals surface area (Å²) in [6, 6.07) is 17.3. The lowest BCUT2D eigenvalue weighted by Gasteiger charge is -2.06. The summed E-state index contributed by atoms with van der Waals surface area (Å²) in [4.78, 5) is 17.3. The second kappa shape index (κ2) is 7.72. The number of hydrogen-bond donors (Lipinski definition) is 2. The monoisotopic (exact) mass is 407 g/mol. The van der Waals surface area contributed by atoms with Gasteiger partial charge in [0.05, 0.1) is 42.3 Å². The van der Waals surface area contributed by atoms with Crippen LogP contribution < -0.4 is 5.32 Å². The van der Waals surface area contributed by atoms with Crippen molar-refractivity contribution in [1.29, 1.82) is 5.26 Å². The quantitative estimate of drug-likeness (QED) is 0.529. The number of anilines is 1. The van der Waals surface area contributed by atoms with E-state index in [1.165, 1.54) is 0 Å². The lowest BCUT2D eigenvalue weighted by atomic mass is 10.0. The molecule has 0 atom stereocenters. The minimum absolute atomic E-state index is 0.272. The lowest BCUT2D eigenvalue weighted by Crippen LogP contribution is -2.22. The van der Waals surface area contributed by atoms with Crippen molar-refractivity contribution in [2.75, 3.05) is 5.32 Å². The number of aromatic amines is 1. The number of aliphatic imine (C=N–C) groups is 1. The van der Waals surface area contributed by atoms with Crippen LogP contribution in [0.1, 0.15) is 22.3 Å². The van der Waals surface area contributed by atoms with Gasteiger partial charge in [-0.15, -0.1) is 0 Å². The molecule has 4 aromatic rings. The van der Waals surface area contributed by atoms with E-state index in [9.17, 15) is 4.79 Å². The van der Waals surface area contributed by atoms with Gasteiger partial charge in [-0.05, 0) is 35.4 Å². The summed E-state index contributed by atoms with van der Waals surface area (Å²) in [5.41, 5.74) is 6.23. The second-order valence-electron chi connectivity index (χ2n) is 7.20. The highest BCUT2D eigenvalue weighted by atomic mass is 16.1. The van der Waals surface area contributed by atoms with E-state index in [0.717, 1.165) is 27.9 Å². The summed E-state index contributed by atoms with van der Waals surface area (Å²) in [5.74, 6) is -0.272. The fourth-order valence-electron chi connectivity index (χ4n) is 3.59. The first-order valence-electron chi connectivity index (χ1n) is 9.70. The van der Waals surface area contributed by atoms with E-state index in [1.54, 1.807) is 29.3 Å². The molecule has 1 aliphatic rings. The average molecular weight is 407 g/mol. The van der Waals surface area contributed by atoms with Crippen molar-refractivity contribution in [2.24, 2.45) is 4.99 Å². The number of benzene rings is 2. The highest BCUT2D eigenvalue weighted by Gasteiger charge is 2.23. The number of nitrogens with zero attached hydrogens (tertiary/aromatic N) is 5. The van der Waals surface area contributed by atoms with Crippen molar-refractivity contribution >= 4 is 17.3 Å². The van der Waals surface area contributed by atoms with Crippen LogP contribution in [0.4, 0.5) is 5.69 Å². The van der Waals surface area contributed by atoms with E-state index in [1.807, 2.05) is 42.5 Å². The summed E-state index contributed by atoms with van der Waals surface area (Å²) in [5, 5.41) is 23.2. The molecule has 1 aliphatic heterocycles. The number of carbonyl (C=O) groups excluding carboxylic acids is 1. The number of amides is 1. The Morgan fingerprint density at radius 3 is 3.00 bits per heavy atom. The molecule has 0 spiro atoms. The number of nitriles is 1. The maximum absolute atomic E-state index is 12.9. The van der Waals surface area contributed by atoms with Gasteiger partial charge in [0.15, 0.2) is 0 Å². The highest BCUT2D eigenvalue weighted by Crippen LogP contribution is 2.26. The summed E-state index contributed by atoms with van der Waals surface area (Å²) in [6.07, 6.45) is 5.05. The van der Waals surface area contributed by atoms with Crippen LogP contribution in [-0.4, -0.2) is 31.6 Å². The fraction of sp³-hybridized carbons (Fsp3) is 0.0870. The normalized spacial score (nSPS) is 12.2. The molecule has 0 fully saturated rings. The summed E-state index contributed by atoms with van der Waals surface area (Å²) < 4.78 is 1.72. The van der Waals surface area contributed by atoms with Crippen molar-refractivity contribution in [3.8, 4) is 17.3 Å². The predicted molar refractivity (Wildman–Crippen MR) is 115 cm³/mol. The average Bonchev–Trinajstić information content (AvgIpc) is 3.54. The SMILES string of the molecule is N#Cc1cccc(Cn2cc(NC(=O)C3=NCc4ccc(-c5ccn[nH]5)cc43)cn2)c1. The van der Waals surface area contributed by atoms with Crippen molar-refractivity contribution in [1.82, 2.24) is 20.0 Å². The van der Waals surface area contributed by atoms with Crippen LogP contribution in [0.2, 0.25) is 0 Å². The van der Waals surface area contributed by atoms with Gasteiger partial charge in [-0.1, -0.05) is 24.3 Å². The number of carbonyl (C=O) groups is 1. The minimum Gasteiger partial charge on any atom is -0.318 e. The Kier molecular flexibility index (Phi) is 4.61. The molecule has 0 bridgehead atoms. The zero-order valence-electron chi connectivity index (χ0n) is 16.4. The van der Waals surface area contributed by atoms with E-state index in [2.05, 4.69) is 31.7 Å². The molecule has 150 valence electrons. The minimum atomic E-state index is -0.272. The number of fused-ring (bicyclic) bond motifs is 1. The molecule has 0 radical (unpaired) electrons. The zero-order chi connectivity index (χ0) is 21.2. The molecule has 2 N–H and O–H groups in total. The van der Waals surface area contributed by atoms with E-state index < -0.39 is 0 Å². The maximum Gasteiger partial charge on any atom is 0.274 e. The Morgan fingerprint density at radius 1 is 1.23 bits per heavy atom. The first-order chi connectivity index (χ1) is 15.2. The smallest absolute Gasteiger partial charge is 0.274 e. The molecule has 31 heavy (non-hydrogen) atoms. The molecule has 0 aliphatic carbocycles. The van der Waals surface area contributed by atoms with Crippen molar-refractivity contribution in [2.45, 2.75) is 13.1 Å². The molecule has 2 aromatic carbocycles. The van der Waals surface area contributed by atoms with Crippen LogP contribution in [0.5, 0.6) is 0 Å². The Hall–Kier alpha value is -4.51. The summed E-state index contributed by atoms with van der Waals surface area (Å²) in [6.45, 7) is 0.985. The molecule has 0 saturated heterocycles. The molecule has 8 heteroatoms. The molecular formula is C23H17N7O. The molecule has 0 unspecified atom stereocenters. The third-order valence-corrected chi connectivity index (χ3v) is 5.09. The molecule has 1 amide bonds. The molecule has 5 rings (SSSR count). The van der Waals surface area contributed by atoms with Crippen molar-refractivity contribution in [3.63, 3.8) is 0 Å². The topological polar surface area (TPSA) is 112 Å². The van der Waals surface area contributed by atoms with Crippen LogP contribution in [0.25, 0.3) is 11.3 Å². The van der Waals surface area contributed by atoms with Gasteiger partial charge in [0.25, 0.3) is 5.91 Å². The molecule has 3 heterocycles. The summed E-state index contributed by atoms with van der Waals surface area (Å²) >= 11 is 0. The Labute approximate surface area is 177 Å². The standard InChI is InChI=1S/C23H17N7O/c24-10-15-2-1-3-16(8-15)13-30-14-19(12-27-30)28-23(31)22-20-9-17(21-6-7-26-29-21)4-5-18(20)11-25-22/h1-9,12,14H,11,13H2,(H,26,29)(H,28,31). The van der Waals surface area contributed by atoms with Gasteiger partial charge < -0.3 is 5.32 Å². The van der Waals surface area contributed by atoms with Gasteiger partial charge in [0.2, 0.25) is 0 Å². The van der Waals surface area contributed by atoms with Gasteiger partial charge in [0.1, 0.15) is 5.71 Å². The van der Waals surface area contributed by atoms with E-state index >= 15 is 0 Å². The maximum atomic E-state index is 12.9. The van der Waals surface area contributed by atoms with Crippen molar-refractivity contribution < 1.29 is 4.79 Å². The number of aromatic nitrogens is 4. The lowest BCUT2D eigenvalue weighted by molar-refractivity contribution is -0.110. The van der Waals surface area contributed by atoms with Crippen LogP contribution in [0.3, 0.4) is 0 Å². The molecular weight excluding hydrogens is 390 g/mol. The third-order valence-electron chi connectivity index (χ3n) is 5.09. The van der Waals surface area contributed by atoms with Crippen LogP contribution in [0, 0.1) is 11.3 Å². The number of H-pyrrole nitrogens is 1. The van der Waals surface area contributed by atoms with Gasteiger partial charge in [-0.3, -0.25) is 19.6 Å². The highest BCUT2D eigenvalue weighted by molar-refractivity contribution is 6.49. The van der Waals surface area contributed by atoms with Crippen molar-refractivity contribution in [3.05, 3.63) is 89.4 Å². The number of rotatable bonds is 5. The molecule has 0 saturated carbocycles. The van der Waals surface area contributed by atoms with Gasteiger partial charge >= 0.3 is 0 Å². The molecule has 8 nitrogen and oxygen atoms in total. The van der Waals surface area contributed by atoms with E-state index in [4.69, 9.17) is 5.26 Å². The van der Waals surface area contributed by atoms with Crippen LogP contribution >= 0.6 is 0 Å². The van der Waals surface area contributed by atoms with Gasteiger partial charge in [0, 0.05) is 23.5 Å². The van der Waals surface area contributed by atoms with Gasteiger partial charge in [-0.2, -0.15) is 15.5 Å². The largest absolute Gasteiger partial charge is 0.318 e. The zero-order valence-corrected chi connectivity index (χ0v) is 16.4. The Balaban J connectivity index is 1.31. The predicted octanol–water partition coefficient (Wildman–Crippen LogP) is 3.13. The number of nitrogens with one attached hydrogen (secondary N) is 2. The van der Waals surface area contributed by atoms with E-state index in [-0.39, 0.29) is 5.91 Å².